The van der Waals surface area contributed by atoms with Crippen LogP contribution < -0.4 is 0 Å². The molecule has 3 N–H and O–H groups in total. The van der Waals surface area contributed by atoms with Crippen molar-refractivity contribution < 1.29 is 20.1 Å². The van der Waals surface area contributed by atoms with Crippen molar-refractivity contribution in [1.82, 2.24) is 4.90 Å². The fourth-order valence-electron chi connectivity index (χ4n) is 2.14. The maximum Gasteiger partial charge on any atom is 0.184 e. The van der Waals surface area contributed by atoms with Gasteiger partial charge in [0.15, 0.2) is 6.29 Å². The summed E-state index contributed by atoms with van der Waals surface area (Å²) in [4.78, 5) is 1.78. The zero-order valence-electron chi connectivity index (χ0n) is 9.01. The Hall–Kier alpha value is -0.200. The third-order valence-electron chi connectivity index (χ3n) is 2.66. The number of likely N-dealkylation sites (N-methyl/N-ethyl adjacent to an activating group) is 1. The standard InChI is InChI=1S/C9H19NO4/c1-9(2)7(10(3)4)5(11)6(12)8(13)14-9/h5-8,11-13H,1-4H3. The van der Waals surface area contributed by atoms with Crippen molar-refractivity contribution in [2.24, 2.45) is 0 Å². The molecule has 0 aromatic heterocycles. The first kappa shape index (κ1) is 11.9. The molecule has 4 unspecified atom stereocenters. The highest BCUT2D eigenvalue weighted by molar-refractivity contribution is 4.98. The summed E-state index contributed by atoms with van der Waals surface area (Å²) in [5.74, 6) is 0. The van der Waals surface area contributed by atoms with E-state index < -0.39 is 24.1 Å². The lowest BCUT2D eigenvalue weighted by atomic mass is 9.86. The topological polar surface area (TPSA) is 73.2 Å². The average Bonchev–Trinajstić information content (AvgIpc) is 1.98. The molecule has 0 saturated carbocycles. The monoisotopic (exact) mass is 205 g/mol. The predicted molar refractivity (Wildman–Crippen MR) is 50.7 cm³/mol. The Labute approximate surface area is 83.9 Å². The molecule has 5 nitrogen and oxygen atoms in total. The fraction of sp³-hybridized carbons (Fsp3) is 1.00. The van der Waals surface area contributed by atoms with Gasteiger partial charge in [0.05, 0.1) is 11.6 Å². The Morgan fingerprint density at radius 2 is 1.57 bits per heavy atom. The van der Waals surface area contributed by atoms with E-state index >= 15 is 0 Å². The van der Waals surface area contributed by atoms with Crippen molar-refractivity contribution in [1.29, 1.82) is 0 Å². The summed E-state index contributed by atoms with van der Waals surface area (Å²) in [5.41, 5.74) is -0.693. The highest BCUT2D eigenvalue weighted by Crippen LogP contribution is 2.30. The van der Waals surface area contributed by atoms with Crippen LogP contribution in [0.4, 0.5) is 0 Å². The lowest BCUT2D eigenvalue weighted by Crippen LogP contribution is -2.66. The van der Waals surface area contributed by atoms with Crippen LogP contribution in [0.2, 0.25) is 0 Å². The summed E-state index contributed by atoms with van der Waals surface area (Å²) >= 11 is 0. The first-order valence-electron chi connectivity index (χ1n) is 4.66. The molecule has 1 rings (SSSR count). The number of aliphatic hydroxyl groups excluding tert-OH is 3. The number of aliphatic hydroxyl groups is 3. The molecular formula is C9H19NO4. The van der Waals surface area contributed by atoms with Gasteiger partial charge in [-0.25, -0.2) is 0 Å². The zero-order valence-corrected chi connectivity index (χ0v) is 9.01. The lowest BCUT2D eigenvalue weighted by Gasteiger charge is -2.48. The van der Waals surface area contributed by atoms with E-state index in [0.717, 1.165) is 0 Å². The van der Waals surface area contributed by atoms with Gasteiger partial charge in [0.2, 0.25) is 0 Å². The Morgan fingerprint density at radius 1 is 1.07 bits per heavy atom. The van der Waals surface area contributed by atoms with Crippen LogP contribution in [-0.2, 0) is 4.74 Å². The first-order valence-corrected chi connectivity index (χ1v) is 4.66. The molecule has 1 aliphatic rings. The molecule has 1 fully saturated rings. The third-order valence-corrected chi connectivity index (χ3v) is 2.66. The van der Waals surface area contributed by atoms with Crippen LogP contribution in [0, 0.1) is 0 Å². The first-order chi connectivity index (χ1) is 6.27. The molecular weight excluding hydrogens is 186 g/mol. The third kappa shape index (κ3) is 1.92. The smallest absolute Gasteiger partial charge is 0.184 e. The lowest BCUT2D eigenvalue weighted by molar-refractivity contribution is -0.295. The molecule has 0 amide bonds. The summed E-state index contributed by atoms with van der Waals surface area (Å²) in [6.07, 6.45) is -3.59. The van der Waals surface area contributed by atoms with Gasteiger partial charge in [0.25, 0.3) is 0 Å². The van der Waals surface area contributed by atoms with E-state index in [1.54, 1.807) is 32.8 Å². The second-order valence-corrected chi connectivity index (χ2v) is 4.50. The summed E-state index contributed by atoms with van der Waals surface area (Å²) < 4.78 is 5.23. The van der Waals surface area contributed by atoms with Crippen LogP contribution in [0.3, 0.4) is 0 Å². The van der Waals surface area contributed by atoms with Gasteiger partial charge in [0.1, 0.15) is 12.2 Å². The molecule has 1 heterocycles. The van der Waals surface area contributed by atoms with Gasteiger partial charge in [-0.3, -0.25) is 0 Å². The van der Waals surface area contributed by atoms with Crippen molar-refractivity contribution >= 4 is 0 Å². The van der Waals surface area contributed by atoms with Crippen molar-refractivity contribution in [3.63, 3.8) is 0 Å². The molecule has 0 aliphatic carbocycles. The molecule has 0 radical (unpaired) electrons. The van der Waals surface area contributed by atoms with Crippen molar-refractivity contribution in [2.45, 2.75) is 44.0 Å². The van der Waals surface area contributed by atoms with Gasteiger partial charge in [-0.15, -0.1) is 0 Å². The van der Waals surface area contributed by atoms with Gasteiger partial charge in [0, 0.05) is 0 Å². The molecule has 0 spiro atoms. The second kappa shape index (κ2) is 3.75. The van der Waals surface area contributed by atoms with E-state index in [4.69, 9.17) is 4.74 Å². The van der Waals surface area contributed by atoms with Crippen LogP contribution in [0.1, 0.15) is 13.8 Å². The predicted octanol–water partition coefficient (Wildman–Crippen LogP) is -1.23. The van der Waals surface area contributed by atoms with Gasteiger partial charge in [-0.1, -0.05) is 0 Å². The second-order valence-electron chi connectivity index (χ2n) is 4.50. The molecule has 0 aromatic carbocycles. The minimum absolute atomic E-state index is 0.346. The van der Waals surface area contributed by atoms with Gasteiger partial charge < -0.3 is 25.0 Å². The molecule has 5 heteroatoms. The summed E-state index contributed by atoms with van der Waals surface area (Å²) in [6, 6.07) is -0.346. The zero-order chi connectivity index (χ0) is 11.1. The SMILES string of the molecule is CN(C)C1C(O)C(O)C(O)OC1(C)C. The van der Waals surface area contributed by atoms with Crippen LogP contribution in [-0.4, -0.2) is 64.5 Å². The number of nitrogens with zero attached hydrogens (tertiary/aromatic N) is 1. The van der Waals surface area contributed by atoms with E-state index in [1.165, 1.54) is 0 Å². The highest BCUT2D eigenvalue weighted by Gasteiger charge is 2.49. The molecule has 14 heavy (non-hydrogen) atoms. The molecule has 84 valence electrons. The maximum atomic E-state index is 9.78. The Morgan fingerprint density at radius 3 is 2.00 bits per heavy atom. The minimum Gasteiger partial charge on any atom is -0.388 e. The van der Waals surface area contributed by atoms with Crippen LogP contribution in [0.5, 0.6) is 0 Å². The van der Waals surface area contributed by atoms with E-state index in [-0.39, 0.29) is 6.04 Å². The number of ether oxygens (including phenoxy) is 1. The molecule has 4 atom stereocenters. The molecule has 0 bridgehead atoms. The quantitative estimate of drug-likeness (QED) is 0.499. The van der Waals surface area contributed by atoms with Gasteiger partial charge in [-0.2, -0.15) is 0 Å². The van der Waals surface area contributed by atoms with E-state index in [0.29, 0.717) is 0 Å². The van der Waals surface area contributed by atoms with E-state index in [9.17, 15) is 15.3 Å². The summed E-state index contributed by atoms with van der Waals surface area (Å²) in [6.45, 7) is 3.55. The fourth-order valence-corrected chi connectivity index (χ4v) is 2.14. The van der Waals surface area contributed by atoms with E-state index in [2.05, 4.69) is 0 Å². The van der Waals surface area contributed by atoms with Crippen LogP contribution in [0.15, 0.2) is 0 Å². The summed E-state index contributed by atoms with van der Waals surface area (Å²) in [7, 11) is 3.59. The van der Waals surface area contributed by atoms with Crippen molar-refractivity contribution in [3.05, 3.63) is 0 Å². The summed E-state index contributed by atoms with van der Waals surface area (Å²) in [5, 5.41) is 28.6. The van der Waals surface area contributed by atoms with Gasteiger partial charge in [-0.05, 0) is 27.9 Å². The Bertz CT molecular complexity index is 207. The Balaban J connectivity index is 2.90. The highest BCUT2D eigenvalue weighted by atomic mass is 16.6. The number of hydrogen-bond acceptors (Lipinski definition) is 5. The Kier molecular flexibility index (Phi) is 3.18. The molecule has 1 aliphatic heterocycles. The van der Waals surface area contributed by atoms with Crippen molar-refractivity contribution in [3.8, 4) is 0 Å². The minimum atomic E-state index is -1.32. The van der Waals surface area contributed by atoms with Gasteiger partial charge >= 0.3 is 0 Å². The van der Waals surface area contributed by atoms with Crippen LogP contribution >= 0.6 is 0 Å². The molecule has 1 saturated heterocycles. The maximum absolute atomic E-state index is 9.78. The average molecular weight is 205 g/mol. The number of rotatable bonds is 1. The molecule has 0 aromatic rings. The number of hydrogen-bond donors (Lipinski definition) is 3. The largest absolute Gasteiger partial charge is 0.388 e. The van der Waals surface area contributed by atoms with Crippen molar-refractivity contribution in [2.75, 3.05) is 14.1 Å². The van der Waals surface area contributed by atoms with E-state index in [1.807, 2.05) is 0 Å². The van der Waals surface area contributed by atoms with Crippen LogP contribution in [0.25, 0.3) is 0 Å². The normalized spacial score (nSPS) is 42.9.